The maximum absolute atomic E-state index is 9.33. The minimum Gasteiger partial charge on any atom is -0.394 e. The van der Waals surface area contributed by atoms with Gasteiger partial charge in [-0.15, -0.1) is 0 Å². The smallest absolute Gasteiger partial charge is 0.243 e. The van der Waals surface area contributed by atoms with Crippen LogP contribution in [0, 0.1) is 0 Å². The van der Waals surface area contributed by atoms with Gasteiger partial charge in [-0.05, 0) is 72.8 Å². The van der Waals surface area contributed by atoms with Gasteiger partial charge in [-0.3, -0.25) is 0 Å². The Hall–Kier alpha value is -4.39. The van der Waals surface area contributed by atoms with Crippen LogP contribution in [0.4, 0.5) is 22.7 Å². The minimum absolute atomic E-state index is 0.0203. The number of aliphatic hydroxyl groups excluding tert-OH is 4. The maximum atomic E-state index is 9.33. The van der Waals surface area contributed by atoms with Crippen LogP contribution in [0.1, 0.15) is 16.7 Å². The van der Waals surface area contributed by atoms with E-state index in [-0.39, 0.29) is 52.9 Å². The fourth-order valence-corrected chi connectivity index (χ4v) is 7.26. The van der Waals surface area contributed by atoms with E-state index in [4.69, 9.17) is 38.6 Å². The van der Waals surface area contributed by atoms with Crippen molar-refractivity contribution in [3.63, 3.8) is 0 Å². The molecule has 0 fully saturated rings. The zero-order valence-electron chi connectivity index (χ0n) is 37.9. The van der Waals surface area contributed by atoms with Crippen LogP contribution in [0.25, 0.3) is 0 Å². The van der Waals surface area contributed by atoms with E-state index >= 15 is 0 Å². The van der Waals surface area contributed by atoms with E-state index in [2.05, 4.69) is 121 Å². The van der Waals surface area contributed by atoms with Crippen LogP contribution in [0.15, 0.2) is 97.3 Å². The van der Waals surface area contributed by atoms with Crippen molar-refractivity contribution in [2.45, 2.75) is 5.54 Å². The average molecular weight is 879 g/mol. The number of hydrogen-bond acceptors (Lipinski definition) is 14. The first kappa shape index (κ1) is 51.2. The summed E-state index contributed by atoms with van der Waals surface area (Å²) in [6, 6.07) is 30.4. The molecule has 15 nitrogen and oxygen atoms in total. The lowest BCUT2D eigenvalue weighted by Gasteiger charge is -2.32. The Morgan fingerprint density at radius 3 is 0.937 bits per heavy atom. The molecule has 15 heteroatoms. The lowest BCUT2D eigenvalue weighted by Crippen LogP contribution is -2.58. The predicted molar refractivity (Wildman–Crippen MR) is 248 cm³/mol. The molecule has 0 radical (unpaired) electrons. The molecule has 0 aliphatic heterocycles. The molecular formula is C48H72N5O10+. The van der Waals surface area contributed by atoms with Crippen molar-refractivity contribution in [3.8, 4) is 0 Å². The number of rotatable bonds is 34. The van der Waals surface area contributed by atoms with Crippen molar-refractivity contribution in [1.29, 1.82) is 0 Å². The van der Waals surface area contributed by atoms with Gasteiger partial charge in [0.1, 0.15) is 0 Å². The minimum atomic E-state index is -0.813. The number of pyridine rings is 1. The van der Waals surface area contributed by atoms with E-state index in [9.17, 15) is 10.2 Å². The first-order valence-corrected chi connectivity index (χ1v) is 21.9. The molecule has 0 aliphatic rings. The standard InChI is InChI=1S/C48H72N5O10/c1-49(2)44-11-5-41(6-12-44)48(53-19-17-45(18-20-53)50(3)4,42-7-13-46(14-8-42)51(21-29-58-33-25-54)23-31-60-37-39-62-35-27-56)43-9-15-47(16-10-43)52(22-30-59-34-26-55)24-32-61-38-40-63-36-28-57/h5-20,54-57H,21-40H2,1-4H3/q+1. The summed E-state index contributed by atoms with van der Waals surface area (Å²) in [5, 5.41) is 36.7. The van der Waals surface area contributed by atoms with Gasteiger partial charge in [0, 0.05) is 106 Å². The van der Waals surface area contributed by atoms with Gasteiger partial charge in [-0.2, -0.15) is 4.57 Å². The van der Waals surface area contributed by atoms with E-state index in [1.165, 1.54) is 0 Å². The molecule has 1 heterocycles. The Bertz CT molecular complexity index is 1640. The number of nitrogens with zero attached hydrogens (tertiary/aromatic N) is 5. The first-order valence-electron chi connectivity index (χ1n) is 21.9. The molecule has 0 saturated heterocycles. The van der Waals surface area contributed by atoms with Crippen LogP contribution in [0.5, 0.6) is 0 Å². The molecule has 0 unspecified atom stereocenters. The third kappa shape index (κ3) is 16.0. The zero-order chi connectivity index (χ0) is 45.1. The second-order valence-corrected chi connectivity index (χ2v) is 15.1. The van der Waals surface area contributed by atoms with Gasteiger partial charge >= 0.3 is 0 Å². The monoisotopic (exact) mass is 879 g/mol. The van der Waals surface area contributed by atoms with Crippen LogP contribution < -0.4 is 24.2 Å². The van der Waals surface area contributed by atoms with Crippen molar-refractivity contribution >= 4 is 22.7 Å². The SMILES string of the molecule is CN(C)c1ccc(C(c2ccc(N(CCOCCO)CCOCCOCCO)cc2)(c2ccc(N(CCOCCO)CCOCCOCCO)cc2)[n+]2ccc(N(C)C)cc2)cc1. The van der Waals surface area contributed by atoms with Crippen molar-refractivity contribution in [1.82, 2.24) is 0 Å². The Balaban J connectivity index is 1.79. The fourth-order valence-electron chi connectivity index (χ4n) is 7.26. The Kier molecular flexibility index (Phi) is 23.7. The molecule has 0 saturated carbocycles. The third-order valence-corrected chi connectivity index (χ3v) is 10.5. The highest BCUT2D eigenvalue weighted by molar-refractivity contribution is 5.58. The Morgan fingerprint density at radius 2 is 0.635 bits per heavy atom. The quantitative estimate of drug-likeness (QED) is 0.0309. The summed E-state index contributed by atoms with van der Waals surface area (Å²) in [5.41, 5.74) is 6.56. The highest BCUT2D eigenvalue weighted by Gasteiger charge is 2.46. The molecule has 0 aliphatic carbocycles. The number of benzene rings is 3. The van der Waals surface area contributed by atoms with Gasteiger partial charge in [0.25, 0.3) is 0 Å². The topological polar surface area (TPSA) is 153 Å². The lowest BCUT2D eigenvalue weighted by atomic mass is 9.76. The molecule has 63 heavy (non-hydrogen) atoms. The molecule has 4 rings (SSSR count). The zero-order valence-corrected chi connectivity index (χ0v) is 37.9. The van der Waals surface area contributed by atoms with Crippen molar-refractivity contribution < 1.29 is 53.4 Å². The number of ether oxygens (including phenoxy) is 6. The summed E-state index contributed by atoms with van der Waals surface area (Å²) in [6.07, 6.45) is 4.30. The second-order valence-electron chi connectivity index (χ2n) is 15.1. The summed E-state index contributed by atoms with van der Waals surface area (Å²) >= 11 is 0. The predicted octanol–water partition coefficient (Wildman–Crippen LogP) is 2.63. The summed E-state index contributed by atoms with van der Waals surface area (Å²) in [6.45, 7) is 6.96. The molecule has 348 valence electrons. The van der Waals surface area contributed by atoms with E-state index in [1.807, 2.05) is 28.2 Å². The van der Waals surface area contributed by atoms with E-state index in [0.29, 0.717) is 79.0 Å². The Labute approximate surface area is 374 Å². The van der Waals surface area contributed by atoms with Gasteiger partial charge in [0.05, 0.1) is 106 Å². The van der Waals surface area contributed by atoms with Gasteiger partial charge < -0.3 is 68.4 Å². The van der Waals surface area contributed by atoms with E-state index in [0.717, 1.165) is 39.4 Å². The summed E-state index contributed by atoms with van der Waals surface area (Å²) in [4.78, 5) is 8.64. The summed E-state index contributed by atoms with van der Waals surface area (Å²) in [7, 11) is 8.17. The van der Waals surface area contributed by atoms with Crippen LogP contribution in [0.2, 0.25) is 0 Å². The van der Waals surface area contributed by atoms with E-state index in [1.54, 1.807) is 0 Å². The summed E-state index contributed by atoms with van der Waals surface area (Å²) in [5.74, 6) is 0. The molecule has 0 amide bonds. The number of aromatic nitrogens is 1. The van der Waals surface area contributed by atoms with Crippen molar-refractivity contribution in [2.24, 2.45) is 0 Å². The van der Waals surface area contributed by atoms with Gasteiger partial charge in [0.2, 0.25) is 5.54 Å². The second kappa shape index (κ2) is 29.1. The maximum Gasteiger partial charge on any atom is 0.243 e. The average Bonchev–Trinajstić information content (AvgIpc) is 3.31. The highest BCUT2D eigenvalue weighted by Crippen LogP contribution is 2.39. The van der Waals surface area contributed by atoms with Gasteiger partial charge in [-0.1, -0.05) is 0 Å². The Morgan fingerprint density at radius 1 is 0.365 bits per heavy atom. The molecule has 4 aromatic rings. The summed E-state index contributed by atoms with van der Waals surface area (Å²) < 4.78 is 36.2. The molecule has 0 atom stereocenters. The van der Waals surface area contributed by atoms with E-state index < -0.39 is 5.54 Å². The number of hydrogen-bond donors (Lipinski definition) is 4. The number of aliphatic hydroxyl groups is 4. The number of anilines is 4. The fraction of sp³-hybridized carbons (Fsp3) is 0.521. The third-order valence-electron chi connectivity index (χ3n) is 10.5. The lowest BCUT2D eigenvalue weighted by molar-refractivity contribution is -0.734. The highest BCUT2D eigenvalue weighted by atomic mass is 16.5. The first-order chi connectivity index (χ1) is 30.8. The molecular weight excluding hydrogens is 807 g/mol. The van der Waals surface area contributed by atoms with Crippen LogP contribution >= 0.6 is 0 Å². The van der Waals surface area contributed by atoms with Crippen molar-refractivity contribution in [3.05, 3.63) is 114 Å². The van der Waals surface area contributed by atoms with Gasteiger partial charge in [0.15, 0.2) is 12.4 Å². The van der Waals surface area contributed by atoms with Gasteiger partial charge in [-0.25, -0.2) is 0 Å². The molecule has 1 aromatic heterocycles. The van der Waals surface area contributed by atoms with Crippen LogP contribution in [-0.4, -0.2) is 181 Å². The van der Waals surface area contributed by atoms with Crippen LogP contribution in [-0.2, 0) is 34.0 Å². The molecule has 0 bridgehead atoms. The largest absolute Gasteiger partial charge is 0.394 e. The van der Waals surface area contributed by atoms with Crippen LogP contribution in [0.3, 0.4) is 0 Å². The molecule has 4 N–H and O–H groups in total. The molecule has 3 aromatic carbocycles. The normalized spacial score (nSPS) is 11.6. The van der Waals surface area contributed by atoms with Crippen molar-refractivity contribution in [2.75, 3.05) is 180 Å². The molecule has 0 spiro atoms.